The van der Waals surface area contributed by atoms with E-state index in [1.54, 1.807) is 12.4 Å². The van der Waals surface area contributed by atoms with E-state index in [0.29, 0.717) is 11.1 Å². The van der Waals surface area contributed by atoms with Gasteiger partial charge in [0.25, 0.3) is 0 Å². The fourth-order valence-corrected chi connectivity index (χ4v) is 1.93. The second-order valence-corrected chi connectivity index (χ2v) is 4.48. The number of nitrogens with zero attached hydrogens (tertiary/aromatic N) is 1. The van der Waals surface area contributed by atoms with E-state index in [-0.39, 0.29) is 0 Å². The van der Waals surface area contributed by atoms with E-state index in [1.165, 1.54) is 0 Å². The van der Waals surface area contributed by atoms with E-state index in [2.05, 4.69) is 20.6 Å². The first-order chi connectivity index (χ1) is 8.75. The molecule has 0 saturated carbocycles. The highest BCUT2D eigenvalue weighted by Crippen LogP contribution is 2.14. The predicted octanol–water partition coefficient (Wildman–Crippen LogP) is 2.59. The number of aromatic amines is 1. The van der Waals surface area contributed by atoms with Gasteiger partial charge in [-0.3, -0.25) is 0 Å². The number of thiocarbonyl (C=S) groups is 1. The van der Waals surface area contributed by atoms with Crippen molar-refractivity contribution in [1.82, 2.24) is 15.3 Å². The van der Waals surface area contributed by atoms with Gasteiger partial charge in [0.15, 0.2) is 5.11 Å². The van der Waals surface area contributed by atoms with Crippen molar-refractivity contribution in [3.8, 4) is 0 Å². The number of imidazole rings is 1. The van der Waals surface area contributed by atoms with Crippen molar-refractivity contribution in [3.63, 3.8) is 0 Å². The largest absolute Gasteiger partial charge is 0.362 e. The normalized spacial score (nSPS) is 10.1. The van der Waals surface area contributed by atoms with Crippen LogP contribution in [0.4, 0.5) is 5.95 Å². The smallest absolute Gasteiger partial charge is 0.206 e. The molecule has 0 saturated heterocycles. The Bertz CT molecular complexity index is 513. The van der Waals surface area contributed by atoms with E-state index < -0.39 is 0 Å². The second kappa shape index (κ2) is 6.37. The first-order valence-electron chi connectivity index (χ1n) is 5.53. The van der Waals surface area contributed by atoms with Crippen LogP contribution in [0.15, 0.2) is 36.7 Å². The number of aromatic nitrogens is 2. The molecule has 0 aliphatic carbocycles. The van der Waals surface area contributed by atoms with Crippen molar-refractivity contribution in [3.05, 3.63) is 47.2 Å². The Morgan fingerprint density at radius 2 is 2.22 bits per heavy atom. The Hall–Kier alpha value is -1.59. The summed E-state index contributed by atoms with van der Waals surface area (Å²) in [6.45, 7) is 0.719. The van der Waals surface area contributed by atoms with Crippen LogP contribution < -0.4 is 10.6 Å². The molecule has 0 spiro atoms. The first kappa shape index (κ1) is 12.9. The van der Waals surface area contributed by atoms with Gasteiger partial charge in [-0.15, -0.1) is 0 Å². The molecule has 3 N–H and O–H groups in total. The van der Waals surface area contributed by atoms with Crippen LogP contribution in [0.5, 0.6) is 0 Å². The molecule has 0 fully saturated rings. The third-order valence-corrected chi connectivity index (χ3v) is 2.98. The molecule has 4 nitrogen and oxygen atoms in total. The van der Waals surface area contributed by atoms with Crippen LogP contribution in [0, 0.1) is 0 Å². The highest BCUT2D eigenvalue weighted by molar-refractivity contribution is 7.80. The van der Waals surface area contributed by atoms with Crippen LogP contribution in [0.25, 0.3) is 0 Å². The Kier molecular flexibility index (Phi) is 4.55. The predicted molar refractivity (Wildman–Crippen MR) is 78.0 cm³/mol. The van der Waals surface area contributed by atoms with Crippen LogP contribution in [0.1, 0.15) is 5.56 Å². The third-order valence-electron chi connectivity index (χ3n) is 2.37. The minimum absolute atomic E-state index is 0.539. The maximum Gasteiger partial charge on any atom is 0.206 e. The Morgan fingerprint density at radius 3 is 2.94 bits per heavy atom. The van der Waals surface area contributed by atoms with Crippen molar-refractivity contribution in [2.75, 3.05) is 11.9 Å². The summed E-state index contributed by atoms with van der Waals surface area (Å²) >= 11 is 11.2. The van der Waals surface area contributed by atoms with Gasteiger partial charge in [-0.25, -0.2) is 4.98 Å². The minimum Gasteiger partial charge on any atom is -0.362 e. The lowest BCUT2D eigenvalue weighted by Gasteiger charge is -2.09. The van der Waals surface area contributed by atoms with Crippen molar-refractivity contribution >= 4 is 34.9 Å². The summed E-state index contributed by atoms with van der Waals surface area (Å²) in [5, 5.41) is 7.36. The number of hydrogen-bond donors (Lipinski definition) is 3. The third kappa shape index (κ3) is 3.72. The second-order valence-electron chi connectivity index (χ2n) is 3.66. The molecular weight excluding hydrogens is 268 g/mol. The van der Waals surface area contributed by atoms with Crippen LogP contribution in [-0.4, -0.2) is 21.6 Å². The molecule has 0 aliphatic rings. The van der Waals surface area contributed by atoms with E-state index in [9.17, 15) is 0 Å². The van der Waals surface area contributed by atoms with Gasteiger partial charge in [0.1, 0.15) is 0 Å². The molecular formula is C12H13ClN4S. The molecule has 0 aliphatic heterocycles. The van der Waals surface area contributed by atoms with E-state index in [1.807, 2.05) is 24.3 Å². The molecule has 0 amide bonds. The monoisotopic (exact) mass is 280 g/mol. The minimum atomic E-state index is 0.539. The van der Waals surface area contributed by atoms with Gasteiger partial charge in [0.05, 0.1) is 0 Å². The standard InChI is InChI=1S/C12H13ClN4S/c13-10-4-2-1-3-9(10)5-6-16-12(18)17-11-14-7-8-15-11/h1-4,7-8H,5-6H2,(H3,14,15,16,17,18). The zero-order valence-electron chi connectivity index (χ0n) is 9.61. The van der Waals surface area contributed by atoms with Gasteiger partial charge in [-0.2, -0.15) is 0 Å². The van der Waals surface area contributed by atoms with Crippen molar-refractivity contribution < 1.29 is 0 Å². The molecule has 6 heteroatoms. The number of benzene rings is 1. The molecule has 0 bridgehead atoms. The molecule has 0 unspecified atom stereocenters. The topological polar surface area (TPSA) is 52.7 Å². The summed E-state index contributed by atoms with van der Waals surface area (Å²) < 4.78 is 0. The summed E-state index contributed by atoms with van der Waals surface area (Å²) in [5.74, 6) is 0.630. The molecule has 1 heterocycles. The quantitative estimate of drug-likeness (QED) is 0.754. The average Bonchev–Trinajstić information content (AvgIpc) is 2.84. The maximum atomic E-state index is 6.06. The summed E-state index contributed by atoms with van der Waals surface area (Å²) in [7, 11) is 0. The van der Waals surface area contributed by atoms with Gasteiger partial charge in [-0.05, 0) is 30.3 Å². The van der Waals surface area contributed by atoms with Crippen molar-refractivity contribution in [1.29, 1.82) is 0 Å². The van der Waals surface area contributed by atoms with Gasteiger partial charge in [-0.1, -0.05) is 29.8 Å². The van der Waals surface area contributed by atoms with Crippen LogP contribution in [0.2, 0.25) is 5.02 Å². The maximum absolute atomic E-state index is 6.06. The fourth-order valence-electron chi connectivity index (χ4n) is 1.50. The summed E-state index contributed by atoms with van der Waals surface area (Å²) in [6.07, 6.45) is 4.21. The Morgan fingerprint density at radius 1 is 1.39 bits per heavy atom. The lowest BCUT2D eigenvalue weighted by molar-refractivity contribution is 0.872. The number of hydrogen-bond acceptors (Lipinski definition) is 2. The van der Waals surface area contributed by atoms with E-state index in [4.69, 9.17) is 23.8 Å². The fraction of sp³-hybridized carbons (Fsp3) is 0.167. The highest BCUT2D eigenvalue weighted by atomic mass is 35.5. The molecule has 0 atom stereocenters. The van der Waals surface area contributed by atoms with Crippen LogP contribution in [0.3, 0.4) is 0 Å². The number of H-pyrrole nitrogens is 1. The van der Waals surface area contributed by atoms with Crippen LogP contribution >= 0.6 is 23.8 Å². The molecule has 94 valence electrons. The lowest BCUT2D eigenvalue weighted by atomic mass is 10.1. The number of anilines is 1. The SMILES string of the molecule is S=C(NCCc1ccccc1Cl)Nc1ncc[nH]1. The summed E-state index contributed by atoms with van der Waals surface area (Å²) in [4.78, 5) is 6.94. The Labute approximate surface area is 116 Å². The van der Waals surface area contributed by atoms with Crippen LogP contribution in [-0.2, 0) is 6.42 Å². The van der Waals surface area contributed by atoms with Gasteiger partial charge >= 0.3 is 0 Å². The number of nitrogens with one attached hydrogen (secondary N) is 3. The zero-order chi connectivity index (χ0) is 12.8. The molecule has 0 radical (unpaired) electrons. The molecule has 2 aromatic rings. The summed E-state index contributed by atoms with van der Waals surface area (Å²) in [6, 6.07) is 7.78. The number of rotatable bonds is 4. The Balaban J connectivity index is 1.75. The first-order valence-corrected chi connectivity index (χ1v) is 6.32. The van der Waals surface area contributed by atoms with Gasteiger partial charge in [0, 0.05) is 24.0 Å². The van der Waals surface area contributed by atoms with Gasteiger partial charge in [0.2, 0.25) is 5.95 Å². The summed E-state index contributed by atoms with van der Waals surface area (Å²) in [5.41, 5.74) is 1.10. The average molecular weight is 281 g/mol. The van der Waals surface area contributed by atoms with E-state index in [0.717, 1.165) is 23.6 Å². The van der Waals surface area contributed by atoms with Gasteiger partial charge < -0.3 is 15.6 Å². The molecule has 1 aromatic heterocycles. The molecule has 1 aromatic carbocycles. The van der Waals surface area contributed by atoms with Crippen molar-refractivity contribution in [2.45, 2.75) is 6.42 Å². The van der Waals surface area contributed by atoms with E-state index >= 15 is 0 Å². The van der Waals surface area contributed by atoms with Crippen molar-refractivity contribution in [2.24, 2.45) is 0 Å². The zero-order valence-corrected chi connectivity index (χ0v) is 11.2. The number of halogens is 1. The lowest BCUT2D eigenvalue weighted by Crippen LogP contribution is -2.30. The highest BCUT2D eigenvalue weighted by Gasteiger charge is 2.01. The molecule has 18 heavy (non-hydrogen) atoms. The molecule has 2 rings (SSSR count).